The molecule has 1 unspecified atom stereocenters. The zero-order valence-electron chi connectivity index (χ0n) is 13.3. The summed E-state index contributed by atoms with van der Waals surface area (Å²) in [6, 6.07) is 17.3. The molecular formula is C19H24BrNO. The van der Waals surface area contributed by atoms with Crippen molar-refractivity contribution in [3.8, 4) is 5.75 Å². The van der Waals surface area contributed by atoms with E-state index in [4.69, 9.17) is 4.74 Å². The SMILES string of the molecule is CCCC(NCc1ccc(OCC)c(Br)c1)c1ccccc1. The Morgan fingerprint density at radius 1 is 1.09 bits per heavy atom. The second-order valence-electron chi connectivity index (χ2n) is 5.33. The predicted octanol–water partition coefficient (Wildman–Crippen LogP) is 5.48. The van der Waals surface area contributed by atoms with E-state index in [1.165, 1.54) is 17.5 Å². The molecule has 0 saturated heterocycles. The first-order valence-electron chi connectivity index (χ1n) is 7.94. The molecule has 0 fully saturated rings. The fraction of sp³-hybridized carbons (Fsp3) is 0.368. The third kappa shape index (κ3) is 4.85. The maximum Gasteiger partial charge on any atom is 0.133 e. The van der Waals surface area contributed by atoms with Crippen molar-refractivity contribution in [1.82, 2.24) is 5.32 Å². The molecule has 22 heavy (non-hydrogen) atoms. The van der Waals surface area contributed by atoms with E-state index in [0.717, 1.165) is 23.2 Å². The van der Waals surface area contributed by atoms with Crippen LogP contribution in [0.3, 0.4) is 0 Å². The summed E-state index contributed by atoms with van der Waals surface area (Å²) >= 11 is 3.58. The van der Waals surface area contributed by atoms with Crippen molar-refractivity contribution in [2.75, 3.05) is 6.61 Å². The lowest BCUT2D eigenvalue weighted by atomic mass is 10.0. The van der Waals surface area contributed by atoms with Gasteiger partial charge >= 0.3 is 0 Å². The Morgan fingerprint density at radius 3 is 2.50 bits per heavy atom. The summed E-state index contributed by atoms with van der Waals surface area (Å²) < 4.78 is 6.57. The van der Waals surface area contributed by atoms with E-state index in [-0.39, 0.29) is 0 Å². The van der Waals surface area contributed by atoms with Gasteiger partial charge in [-0.15, -0.1) is 0 Å². The average Bonchev–Trinajstić information content (AvgIpc) is 2.55. The van der Waals surface area contributed by atoms with E-state index in [1.807, 2.05) is 13.0 Å². The molecule has 0 aliphatic rings. The third-order valence-electron chi connectivity index (χ3n) is 3.63. The zero-order valence-corrected chi connectivity index (χ0v) is 14.9. The van der Waals surface area contributed by atoms with Crippen LogP contribution in [0.1, 0.15) is 43.9 Å². The Labute approximate surface area is 142 Å². The van der Waals surface area contributed by atoms with Crippen molar-refractivity contribution in [2.24, 2.45) is 0 Å². The van der Waals surface area contributed by atoms with E-state index < -0.39 is 0 Å². The monoisotopic (exact) mass is 361 g/mol. The highest BCUT2D eigenvalue weighted by molar-refractivity contribution is 9.10. The lowest BCUT2D eigenvalue weighted by Crippen LogP contribution is -2.20. The predicted molar refractivity (Wildman–Crippen MR) is 96.2 cm³/mol. The minimum absolute atomic E-state index is 0.400. The third-order valence-corrected chi connectivity index (χ3v) is 4.25. The second-order valence-corrected chi connectivity index (χ2v) is 6.18. The van der Waals surface area contributed by atoms with Crippen molar-refractivity contribution >= 4 is 15.9 Å². The normalized spacial score (nSPS) is 12.1. The Bertz CT molecular complexity index is 571. The molecular weight excluding hydrogens is 338 g/mol. The lowest BCUT2D eigenvalue weighted by molar-refractivity contribution is 0.338. The topological polar surface area (TPSA) is 21.3 Å². The highest BCUT2D eigenvalue weighted by atomic mass is 79.9. The van der Waals surface area contributed by atoms with Gasteiger partial charge in [-0.25, -0.2) is 0 Å². The van der Waals surface area contributed by atoms with Gasteiger partial charge in [0.1, 0.15) is 5.75 Å². The van der Waals surface area contributed by atoms with Crippen LogP contribution >= 0.6 is 15.9 Å². The van der Waals surface area contributed by atoms with Crippen molar-refractivity contribution in [2.45, 2.75) is 39.3 Å². The first kappa shape index (κ1) is 17.0. The Hall–Kier alpha value is -1.32. The molecule has 2 nitrogen and oxygen atoms in total. The Kier molecular flexibility index (Phi) is 6.94. The first-order chi connectivity index (χ1) is 10.7. The van der Waals surface area contributed by atoms with Crippen LogP contribution in [0.2, 0.25) is 0 Å². The van der Waals surface area contributed by atoms with Crippen molar-refractivity contribution in [3.05, 3.63) is 64.1 Å². The molecule has 118 valence electrons. The van der Waals surface area contributed by atoms with Crippen molar-refractivity contribution in [3.63, 3.8) is 0 Å². The summed E-state index contributed by atoms with van der Waals surface area (Å²) in [6.45, 7) is 5.76. The van der Waals surface area contributed by atoms with Gasteiger partial charge in [-0.1, -0.05) is 49.7 Å². The first-order valence-corrected chi connectivity index (χ1v) is 8.73. The van der Waals surface area contributed by atoms with Gasteiger partial charge in [-0.05, 0) is 52.5 Å². The molecule has 0 aliphatic heterocycles. The molecule has 0 aromatic heterocycles. The van der Waals surface area contributed by atoms with Gasteiger partial charge in [0.15, 0.2) is 0 Å². The van der Waals surface area contributed by atoms with Crippen LogP contribution in [0.25, 0.3) is 0 Å². The van der Waals surface area contributed by atoms with Gasteiger partial charge in [-0.2, -0.15) is 0 Å². The van der Waals surface area contributed by atoms with Gasteiger partial charge in [0.05, 0.1) is 11.1 Å². The molecule has 0 radical (unpaired) electrons. The number of halogens is 1. The van der Waals surface area contributed by atoms with Crippen molar-refractivity contribution in [1.29, 1.82) is 0 Å². The number of hydrogen-bond acceptors (Lipinski definition) is 2. The number of ether oxygens (including phenoxy) is 1. The fourth-order valence-electron chi connectivity index (χ4n) is 2.53. The molecule has 2 rings (SSSR count). The molecule has 0 aliphatic carbocycles. The van der Waals surface area contributed by atoms with Gasteiger partial charge in [0, 0.05) is 12.6 Å². The molecule has 1 N–H and O–H groups in total. The molecule has 0 spiro atoms. The second kappa shape index (κ2) is 8.96. The molecule has 0 heterocycles. The van der Waals surface area contributed by atoms with Gasteiger partial charge in [0.25, 0.3) is 0 Å². The molecule has 1 atom stereocenters. The largest absolute Gasteiger partial charge is 0.493 e. The van der Waals surface area contributed by atoms with Crippen LogP contribution in [0, 0.1) is 0 Å². The van der Waals surface area contributed by atoms with E-state index in [1.54, 1.807) is 0 Å². The maximum absolute atomic E-state index is 5.56. The highest BCUT2D eigenvalue weighted by Gasteiger charge is 2.10. The summed E-state index contributed by atoms with van der Waals surface area (Å²) in [7, 11) is 0. The molecule has 0 amide bonds. The van der Waals surface area contributed by atoms with E-state index in [0.29, 0.717) is 12.6 Å². The van der Waals surface area contributed by atoms with E-state index >= 15 is 0 Å². The van der Waals surface area contributed by atoms with Crippen LogP contribution in [0.5, 0.6) is 5.75 Å². The standard InChI is InChI=1S/C19H24BrNO/c1-3-8-18(16-9-6-5-7-10-16)21-14-15-11-12-19(22-4-2)17(20)13-15/h5-7,9-13,18,21H,3-4,8,14H2,1-2H3. The lowest BCUT2D eigenvalue weighted by Gasteiger charge is -2.19. The summed E-state index contributed by atoms with van der Waals surface area (Å²) in [4.78, 5) is 0. The Morgan fingerprint density at radius 2 is 1.86 bits per heavy atom. The minimum Gasteiger partial charge on any atom is -0.493 e. The van der Waals surface area contributed by atoms with E-state index in [2.05, 4.69) is 70.6 Å². The smallest absolute Gasteiger partial charge is 0.133 e. The quantitative estimate of drug-likeness (QED) is 0.672. The zero-order chi connectivity index (χ0) is 15.8. The van der Waals surface area contributed by atoms with Crippen LogP contribution in [0.15, 0.2) is 53.0 Å². The number of rotatable bonds is 8. The highest BCUT2D eigenvalue weighted by Crippen LogP contribution is 2.26. The number of benzene rings is 2. The average molecular weight is 362 g/mol. The molecule has 0 saturated carbocycles. The van der Waals surface area contributed by atoms with Crippen molar-refractivity contribution < 1.29 is 4.74 Å². The molecule has 0 bridgehead atoms. The minimum atomic E-state index is 0.400. The summed E-state index contributed by atoms with van der Waals surface area (Å²) in [5.74, 6) is 0.902. The van der Waals surface area contributed by atoms with Crippen LogP contribution < -0.4 is 10.1 Å². The number of hydrogen-bond donors (Lipinski definition) is 1. The summed E-state index contributed by atoms with van der Waals surface area (Å²) in [5.41, 5.74) is 2.61. The Balaban J connectivity index is 2.02. The summed E-state index contributed by atoms with van der Waals surface area (Å²) in [5, 5.41) is 3.67. The van der Waals surface area contributed by atoms with Gasteiger partial charge < -0.3 is 10.1 Å². The molecule has 3 heteroatoms. The van der Waals surface area contributed by atoms with Gasteiger partial charge in [0.2, 0.25) is 0 Å². The van der Waals surface area contributed by atoms with Crippen LogP contribution in [-0.2, 0) is 6.54 Å². The molecule has 2 aromatic rings. The molecule has 2 aromatic carbocycles. The summed E-state index contributed by atoms with van der Waals surface area (Å²) in [6.07, 6.45) is 2.31. The van der Waals surface area contributed by atoms with Crippen LogP contribution in [0.4, 0.5) is 0 Å². The van der Waals surface area contributed by atoms with E-state index in [9.17, 15) is 0 Å². The van der Waals surface area contributed by atoms with Gasteiger partial charge in [-0.3, -0.25) is 0 Å². The number of nitrogens with one attached hydrogen (secondary N) is 1. The maximum atomic E-state index is 5.56. The fourth-order valence-corrected chi connectivity index (χ4v) is 3.07. The van der Waals surface area contributed by atoms with Crippen LogP contribution in [-0.4, -0.2) is 6.61 Å².